The molecule has 0 radical (unpaired) electrons. The van der Waals surface area contributed by atoms with Crippen LogP contribution in [0.3, 0.4) is 0 Å². The topological polar surface area (TPSA) is 78.9 Å². The van der Waals surface area contributed by atoms with Gasteiger partial charge in [0.25, 0.3) is 0 Å². The van der Waals surface area contributed by atoms with Gasteiger partial charge < -0.3 is 15.2 Å². The first-order valence-corrected chi connectivity index (χ1v) is 10.5. The van der Waals surface area contributed by atoms with Crippen molar-refractivity contribution in [2.24, 2.45) is 0 Å². The van der Waals surface area contributed by atoms with Crippen LogP contribution in [0, 0.1) is 12.3 Å². The van der Waals surface area contributed by atoms with Gasteiger partial charge in [0.2, 0.25) is 5.91 Å². The number of hydrogen-bond acceptors (Lipinski definition) is 5. The van der Waals surface area contributed by atoms with E-state index in [9.17, 15) is 9.59 Å². The maximum absolute atomic E-state index is 13.3. The standard InChI is InChI=1S/C22H24N2O4S/c1-2-20(26)24(17-10-12-18(13-11-17)28-15-25)21(19-9-6-14-29-19)22(27)23-16-7-4-3-5-8-16/h1,6,9-14,16,21,25H,3-5,7-8,15H2,(H,23,27). The van der Waals surface area contributed by atoms with Crippen LogP contribution in [0.25, 0.3) is 0 Å². The molecule has 0 bridgehead atoms. The number of aliphatic hydroxyl groups is 1. The Morgan fingerprint density at radius 3 is 2.55 bits per heavy atom. The number of benzene rings is 1. The Hall–Kier alpha value is -2.82. The predicted octanol–water partition coefficient (Wildman–Crippen LogP) is 3.23. The van der Waals surface area contributed by atoms with Crippen molar-refractivity contribution in [3.63, 3.8) is 0 Å². The summed E-state index contributed by atoms with van der Waals surface area (Å²) in [4.78, 5) is 28.1. The fraction of sp³-hybridized carbons (Fsp3) is 0.364. The minimum absolute atomic E-state index is 0.113. The molecule has 2 amide bonds. The van der Waals surface area contributed by atoms with Crippen molar-refractivity contribution in [2.75, 3.05) is 11.7 Å². The zero-order chi connectivity index (χ0) is 20.6. The summed E-state index contributed by atoms with van der Waals surface area (Å²) in [6.45, 7) is -0.450. The van der Waals surface area contributed by atoms with Gasteiger partial charge in [-0.15, -0.1) is 17.8 Å². The molecule has 1 aromatic carbocycles. The Kier molecular flexibility index (Phi) is 7.28. The molecule has 7 heteroatoms. The van der Waals surface area contributed by atoms with Crippen LogP contribution in [0.2, 0.25) is 0 Å². The molecule has 1 atom stereocenters. The highest BCUT2D eigenvalue weighted by molar-refractivity contribution is 7.10. The molecule has 6 nitrogen and oxygen atoms in total. The van der Waals surface area contributed by atoms with E-state index in [1.165, 1.54) is 22.7 Å². The lowest BCUT2D eigenvalue weighted by Crippen LogP contribution is -2.46. The minimum atomic E-state index is -0.856. The summed E-state index contributed by atoms with van der Waals surface area (Å²) in [5, 5.41) is 13.9. The zero-order valence-electron chi connectivity index (χ0n) is 16.0. The summed E-state index contributed by atoms with van der Waals surface area (Å²) in [5.41, 5.74) is 0.482. The van der Waals surface area contributed by atoms with Crippen LogP contribution < -0.4 is 15.0 Å². The second-order valence-electron chi connectivity index (χ2n) is 6.85. The van der Waals surface area contributed by atoms with E-state index in [-0.39, 0.29) is 11.9 Å². The van der Waals surface area contributed by atoms with Gasteiger partial charge in [0, 0.05) is 16.6 Å². The molecule has 152 valence electrons. The monoisotopic (exact) mass is 412 g/mol. The molecular formula is C22H24N2O4S. The summed E-state index contributed by atoms with van der Waals surface area (Å²) in [7, 11) is 0. The Bertz CT molecular complexity index is 852. The Morgan fingerprint density at radius 2 is 1.97 bits per heavy atom. The van der Waals surface area contributed by atoms with Crippen LogP contribution >= 0.6 is 11.3 Å². The molecule has 1 unspecified atom stereocenters. The molecule has 3 rings (SSSR count). The van der Waals surface area contributed by atoms with E-state index in [4.69, 9.17) is 16.3 Å². The average molecular weight is 413 g/mol. The third kappa shape index (κ3) is 5.17. The second-order valence-corrected chi connectivity index (χ2v) is 7.83. The van der Waals surface area contributed by atoms with Crippen molar-refractivity contribution in [2.45, 2.75) is 44.2 Å². The van der Waals surface area contributed by atoms with E-state index < -0.39 is 18.7 Å². The second kappa shape index (κ2) is 10.1. The van der Waals surface area contributed by atoms with E-state index in [0.717, 1.165) is 30.6 Å². The lowest BCUT2D eigenvalue weighted by atomic mass is 9.95. The number of aliphatic hydroxyl groups excluding tert-OH is 1. The molecule has 2 N–H and O–H groups in total. The van der Waals surface area contributed by atoms with E-state index in [1.807, 2.05) is 17.5 Å². The summed E-state index contributed by atoms with van der Waals surface area (Å²) < 4.78 is 5.04. The number of terminal acetylenes is 1. The summed E-state index contributed by atoms with van der Waals surface area (Å²) >= 11 is 1.40. The number of rotatable bonds is 7. The van der Waals surface area contributed by atoms with Crippen LogP contribution in [-0.2, 0) is 9.59 Å². The van der Waals surface area contributed by atoms with Gasteiger partial charge in [-0.1, -0.05) is 25.3 Å². The molecule has 29 heavy (non-hydrogen) atoms. The molecule has 1 fully saturated rings. The Morgan fingerprint density at radius 1 is 1.24 bits per heavy atom. The van der Waals surface area contributed by atoms with Crippen molar-refractivity contribution in [1.29, 1.82) is 0 Å². The molecule has 1 aromatic heterocycles. The molecule has 0 saturated heterocycles. The predicted molar refractivity (Wildman–Crippen MR) is 113 cm³/mol. The first-order valence-electron chi connectivity index (χ1n) is 9.61. The zero-order valence-corrected chi connectivity index (χ0v) is 16.9. The Labute approximate surface area is 174 Å². The third-order valence-electron chi connectivity index (χ3n) is 4.96. The number of hydrogen-bond donors (Lipinski definition) is 2. The Balaban J connectivity index is 1.94. The fourth-order valence-electron chi connectivity index (χ4n) is 3.58. The minimum Gasteiger partial charge on any atom is -0.468 e. The van der Waals surface area contributed by atoms with Gasteiger partial charge in [-0.25, -0.2) is 0 Å². The summed E-state index contributed by atoms with van der Waals surface area (Å²) in [5.74, 6) is 1.76. The van der Waals surface area contributed by atoms with Crippen LogP contribution in [0.5, 0.6) is 5.75 Å². The quantitative estimate of drug-likeness (QED) is 0.541. The first kappa shape index (κ1) is 20.9. The lowest BCUT2D eigenvalue weighted by Gasteiger charge is -2.31. The van der Waals surface area contributed by atoms with E-state index >= 15 is 0 Å². The number of amides is 2. The van der Waals surface area contributed by atoms with Crippen molar-refractivity contribution >= 4 is 28.8 Å². The van der Waals surface area contributed by atoms with Gasteiger partial charge in [-0.3, -0.25) is 14.5 Å². The largest absolute Gasteiger partial charge is 0.468 e. The highest BCUT2D eigenvalue weighted by Crippen LogP contribution is 2.32. The fourth-order valence-corrected chi connectivity index (χ4v) is 4.39. The molecule has 1 aliphatic rings. The number of thiophene rings is 1. The summed E-state index contributed by atoms with van der Waals surface area (Å²) in [6.07, 6.45) is 10.7. The molecule has 1 saturated carbocycles. The molecule has 0 aliphatic heterocycles. The van der Waals surface area contributed by atoms with Crippen LogP contribution in [-0.4, -0.2) is 29.8 Å². The van der Waals surface area contributed by atoms with Gasteiger partial charge in [0.05, 0.1) is 0 Å². The van der Waals surface area contributed by atoms with E-state index in [2.05, 4.69) is 11.2 Å². The number of ether oxygens (including phenoxy) is 1. The SMILES string of the molecule is C#CC(=O)N(c1ccc(OCO)cc1)C(C(=O)NC1CCCCC1)c1cccs1. The van der Waals surface area contributed by atoms with Gasteiger partial charge in [-0.2, -0.15) is 0 Å². The first-order chi connectivity index (χ1) is 14.1. The molecular weight excluding hydrogens is 388 g/mol. The smallest absolute Gasteiger partial charge is 0.303 e. The van der Waals surface area contributed by atoms with Crippen molar-refractivity contribution in [3.8, 4) is 18.1 Å². The molecule has 2 aromatic rings. The van der Waals surface area contributed by atoms with Gasteiger partial charge in [0.15, 0.2) is 12.8 Å². The van der Waals surface area contributed by atoms with Crippen LogP contribution in [0.15, 0.2) is 41.8 Å². The van der Waals surface area contributed by atoms with Crippen molar-refractivity contribution in [1.82, 2.24) is 5.32 Å². The van der Waals surface area contributed by atoms with Gasteiger partial charge >= 0.3 is 5.91 Å². The van der Waals surface area contributed by atoms with Gasteiger partial charge in [-0.05, 0) is 54.5 Å². The molecule has 0 spiro atoms. The number of carbonyl (C=O) groups excluding carboxylic acids is 2. The highest BCUT2D eigenvalue weighted by atomic mass is 32.1. The number of nitrogens with zero attached hydrogens (tertiary/aromatic N) is 1. The normalized spacial score (nSPS) is 15.2. The summed E-state index contributed by atoms with van der Waals surface area (Å²) in [6, 6.07) is 9.46. The van der Waals surface area contributed by atoms with Crippen LogP contribution in [0.1, 0.15) is 43.0 Å². The average Bonchev–Trinajstić information content (AvgIpc) is 3.27. The number of anilines is 1. The van der Waals surface area contributed by atoms with Crippen molar-refractivity contribution in [3.05, 3.63) is 46.7 Å². The maximum Gasteiger partial charge on any atom is 0.303 e. The maximum atomic E-state index is 13.3. The van der Waals surface area contributed by atoms with E-state index in [0.29, 0.717) is 11.4 Å². The third-order valence-corrected chi connectivity index (χ3v) is 5.88. The lowest BCUT2D eigenvalue weighted by molar-refractivity contribution is -0.125. The molecule has 1 aliphatic carbocycles. The van der Waals surface area contributed by atoms with E-state index in [1.54, 1.807) is 24.3 Å². The highest BCUT2D eigenvalue weighted by Gasteiger charge is 2.34. The molecule has 1 heterocycles. The van der Waals surface area contributed by atoms with Crippen LogP contribution in [0.4, 0.5) is 5.69 Å². The number of nitrogens with one attached hydrogen (secondary N) is 1. The number of carbonyl (C=O) groups is 2. The van der Waals surface area contributed by atoms with Crippen molar-refractivity contribution < 1.29 is 19.4 Å². The van der Waals surface area contributed by atoms with Gasteiger partial charge in [0.1, 0.15) is 5.75 Å².